The largest absolute Gasteiger partial charge is 0.334 e. The molecule has 0 spiro atoms. The van der Waals surface area contributed by atoms with Gasteiger partial charge in [0.25, 0.3) is 0 Å². The first-order chi connectivity index (χ1) is 4.63. The highest BCUT2D eigenvalue weighted by molar-refractivity contribution is 4.79. The zero-order valence-electron chi connectivity index (χ0n) is 4.89. The lowest BCUT2D eigenvalue weighted by Crippen LogP contribution is -2.64. The van der Waals surface area contributed by atoms with Crippen LogP contribution in [0.4, 0.5) is 0 Å². The monoisotopic (exact) mass is 147 g/mol. The van der Waals surface area contributed by atoms with E-state index in [4.69, 9.17) is 0 Å². The Balaban J connectivity index is 2.51. The van der Waals surface area contributed by atoms with Gasteiger partial charge in [-0.2, -0.15) is 0 Å². The molecule has 1 N–H and O–H groups in total. The lowest BCUT2D eigenvalue weighted by atomic mass is 10.1. The number of nitrogens with zero attached hydrogens (tertiary/aromatic N) is 2. The molecule has 1 fully saturated rings. The van der Waals surface area contributed by atoms with Crippen molar-refractivity contribution in [3.63, 3.8) is 0 Å². The van der Waals surface area contributed by atoms with Gasteiger partial charge in [0, 0.05) is 9.85 Å². The van der Waals surface area contributed by atoms with Crippen LogP contribution in [0.2, 0.25) is 0 Å². The molecule has 0 amide bonds. The summed E-state index contributed by atoms with van der Waals surface area (Å²) in [4.78, 5) is 18.6. The predicted octanol–water partition coefficient (Wildman–Crippen LogP) is -1.16. The van der Waals surface area contributed by atoms with Gasteiger partial charge < -0.3 is 0 Å². The van der Waals surface area contributed by atoms with Gasteiger partial charge in [-0.15, -0.1) is 0 Å². The van der Waals surface area contributed by atoms with E-state index in [0.29, 0.717) is 0 Å². The third-order valence-corrected chi connectivity index (χ3v) is 1.40. The normalized spacial score (nSPS) is 30.8. The van der Waals surface area contributed by atoms with Gasteiger partial charge in [0.1, 0.15) is 0 Å². The predicted molar refractivity (Wildman–Crippen MR) is 29.6 cm³/mol. The number of nitro groups is 2. The Morgan fingerprint density at radius 1 is 1.30 bits per heavy atom. The Morgan fingerprint density at radius 2 is 1.90 bits per heavy atom. The van der Waals surface area contributed by atoms with E-state index in [1.165, 1.54) is 0 Å². The Hall–Kier alpha value is -1.24. The van der Waals surface area contributed by atoms with E-state index < -0.39 is 22.1 Å². The van der Waals surface area contributed by atoms with Gasteiger partial charge in [-0.25, -0.2) is 5.32 Å². The maximum absolute atomic E-state index is 9.96. The molecule has 1 aliphatic rings. The molecular weight excluding hydrogens is 142 g/mol. The second kappa shape index (κ2) is 2.18. The van der Waals surface area contributed by atoms with E-state index in [9.17, 15) is 20.2 Å². The zero-order chi connectivity index (χ0) is 7.72. The summed E-state index contributed by atoms with van der Waals surface area (Å²) in [5.74, 6) is 0. The first kappa shape index (κ1) is 6.87. The van der Waals surface area contributed by atoms with Crippen molar-refractivity contribution in [2.75, 3.05) is 6.54 Å². The van der Waals surface area contributed by atoms with E-state index >= 15 is 0 Å². The molecule has 10 heavy (non-hydrogen) atoms. The molecule has 0 saturated carbocycles. The van der Waals surface area contributed by atoms with Gasteiger partial charge >= 0.3 is 12.2 Å². The van der Waals surface area contributed by atoms with Gasteiger partial charge in [0.05, 0.1) is 6.54 Å². The molecule has 0 aromatic heterocycles. The molecule has 2 atom stereocenters. The smallest absolute Gasteiger partial charge is 0.264 e. The van der Waals surface area contributed by atoms with Crippen LogP contribution in [-0.2, 0) is 0 Å². The van der Waals surface area contributed by atoms with Gasteiger partial charge in [0.2, 0.25) is 0 Å². The minimum atomic E-state index is -1.19. The van der Waals surface area contributed by atoms with Gasteiger partial charge in [0.15, 0.2) is 0 Å². The maximum atomic E-state index is 9.96. The third kappa shape index (κ3) is 0.903. The molecule has 0 bridgehead atoms. The van der Waals surface area contributed by atoms with Crippen molar-refractivity contribution in [3.8, 4) is 0 Å². The first-order valence-corrected chi connectivity index (χ1v) is 2.63. The molecular formula is C3H5N3O4. The second-order valence-corrected chi connectivity index (χ2v) is 1.99. The van der Waals surface area contributed by atoms with Crippen molar-refractivity contribution < 1.29 is 9.85 Å². The fourth-order valence-corrected chi connectivity index (χ4v) is 0.734. The molecule has 1 rings (SSSR count). The highest BCUT2D eigenvalue weighted by atomic mass is 16.6. The van der Waals surface area contributed by atoms with E-state index in [1.807, 2.05) is 0 Å². The molecule has 0 aromatic rings. The summed E-state index contributed by atoms with van der Waals surface area (Å²) in [6.45, 7) is 0.0959. The lowest BCUT2D eigenvalue weighted by molar-refractivity contribution is -0.641. The van der Waals surface area contributed by atoms with E-state index in [0.717, 1.165) is 0 Å². The van der Waals surface area contributed by atoms with Gasteiger partial charge in [-0.05, 0) is 0 Å². The highest BCUT2D eigenvalue weighted by Gasteiger charge is 2.49. The topological polar surface area (TPSA) is 98.3 Å². The summed E-state index contributed by atoms with van der Waals surface area (Å²) in [5, 5.41) is 22.2. The standard InChI is InChI=1S/C3H5N3O4/c7-5(8)2-1-4-3(2)6(9)10/h2-4H,1H2. The van der Waals surface area contributed by atoms with Crippen LogP contribution in [0.15, 0.2) is 0 Å². The minimum absolute atomic E-state index is 0.0959. The average molecular weight is 147 g/mol. The molecule has 1 saturated heterocycles. The van der Waals surface area contributed by atoms with Crippen LogP contribution in [0.25, 0.3) is 0 Å². The molecule has 56 valence electrons. The number of rotatable bonds is 2. The van der Waals surface area contributed by atoms with Crippen molar-refractivity contribution in [2.24, 2.45) is 0 Å². The quantitative estimate of drug-likeness (QED) is 0.392. The molecule has 0 aliphatic carbocycles. The Bertz CT molecular complexity index is 161. The van der Waals surface area contributed by atoms with Crippen LogP contribution in [-0.4, -0.2) is 28.6 Å². The lowest BCUT2D eigenvalue weighted by Gasteiger charge is -2.22. The zero-order valence-corrected chi connectivity index (χ0v) is 4.89. The fraction of sp³-hybridized carbons (Fsp3) is 1.00. The van der Waals surface area contributed by atoms with Crippen molar-refractivity contribution in [1.82, 2.24) is 5.32 Å². The second-order valence-electron chi connectivity index (χ2n) is 1.99. The first-order valence-electron chi connectivity index (χ1n) is 2.63. The molecule has 7 heteroatoms. The molecule has 1 heterocycles. The summed E-state index contributed by atoms with van der Waals surface area (Å²) in [6.07, 6.45) is -1.19. The van der Waals surface area contributed by atoms with E-state index in [1.54, 1.807) is 0 Å². The summed E-state index contributed by atoms with van der Waals surface area (Å²) < 4.78 is 0. The summed E-state index contributed by atoms with van der Waals surface area (Å²) >= 11 is 0. The molecule has 0 aromatic carbocycles. The molecule has 1 aliphatic heterocycles. The third-order valence-electron chi connectivity index (χ3n) is 1.40. The summed E-state index contributed by atoms with van der Waals surface area (Å²) in [6, 6.07) is -1.05. The maximum Gasteiger partial charge on any atom is 0.334 e. The van der Waals surface area contributed by atoms with Crippen molar-refractivity contribution in [3.05, 3.63) is 20.2 Å². The molecule has 7 nitrogen and oxygen atoms in total. The van der Waals surface area contributed by atoms with Crippen LogP contribution < -0.4 is 5.32 Å². The average Bonchev–Trinajstić information content (AvgIpc) is 1.56. The molecule has 0 radical (unpaired) electrons. The summed E-state index contributed by atoms with van der Waals surface area (Å²) in [5.41, 5.74) is 0. The van der Waals surface area contributed by atoms with Crippen molar-refractivity contribution in [1.29, 1.82) is 0 Å². The number of hydrogen-bond donors (Lipinski definition) is 1. The van der Waals surface area contributed by atoms with Crippen molar-refractivity contribution in [2.45, 2.75) is 12.2 Å². The number of nitrogens with one attached hydrogen (secondary N) is 1. The highest BCUT2D eigenvalue weighted by Crippen LogP contribution is 2.07. The van der Waals surface area contributed by atoms with Gasteiger partial charge in [-0.3, -0.25) is 20.2 Å². The van der Waals surface area contributed by atoms with Crippen LogP contribution in [0, 0.1) is 20.2 Å². The Labute approximate surface area is 55.3 Å². The SMILES string of the molecule is O=[N+]([O-])C1CNC1[N+](=O)[O-]. The minimum Gasteiger partial charge on any atom is -0.264 e. The van der Waals surface area contributed by atoms with Crippen LogP contribution in [0.5, 0.6) is 0 Å². The van der Waals surface area contributed by atoms with Gasteiger partial charge in [-0.1, -0.05) is 0 Å². The van der Waals surface area contributed by atoms with Crippen molar-refractivity contribution >= 4 is 0 Å². The van der Waals surface area contributed by atoms with E-state index in [2.05, 4.69) is 5.32 Å². The van der Waals surface area contributed by atoms with Crippen LogP contribution >= 0.6 is 0 Å². The van der Waals surface area contributed by atoms with Crippen LogP contribution in [0.1, 0.15) is 0 Å². The number of hydrogen-bond acceptors (Lipinski definition) is 5. The fourth-order valence-electron chi connectivity index (χ4n) is 0.734. The molecule has 2 unspecified atom stereocenters. The Kier molecular flexibility index (Phi) is 1.50. The summed E-state index contributed by atoms with van der Waals surface area (Å²) in [7, 11) is 0. The van der Waals surface area contributed by atoms with E-state index in [-0.39, 0.29) is 6.54 Å². The van der Waals surface area contributed by atoms with Crippen LogP contribution in [0.3, 0.4) is 0 Å². The Morgan fingerprint density at radius 3 is 2.00 bits per heavy atom.